The van der Waals surface area contributed by atoms with Gasteiger partial charge in [-0.25, -0.2) is 18.4 Å². The molecule has 17 heavy (non-hydrogen) atoms. The van der Waals surface area contributed by atoms with Gasteiger partial charge in [-0.3, -0.25) is 4.72 Å². The van der Waals surface area contributed by atoms with Crippen LogP contribution in [0.15, 0.2) is 17.0 Å². The zero-order valence-corrected chi connectivity index (χ0v) is 12.5. The second-order valence-corrected chi connectivity index (χ2v) is 7.61. The summed E-state index contributed by atoms with van der Waals surface area (Å²) in [6, 6.07) is 0. The van der Waals surface area contributed by atoms with Gasteiger partial charge in [0.25, 0.3) is 0 Å². The van der Waals surface area contributed by atoms with Gasteiger partial charge < -0.3 is 0 Å². The topological polar surface area (TPSA) is 72.0 Å². The molecular formula is C10H16BrN3O2S. The van der Waals surface area contributed by atoms with Crippen molar-refractivity contribution in [2.24, 2.45) is 5.41 Å². The molecule has 0 unspecified atom stereocenters. The largest absolute Gasteiger partial charge is 0.266 e. The third-order valence-corrected chi connectivity index (χ3v) is 3.67. The van der Waals surface area contributed by atoms with Crippen LogP contribution in [0.25, 0.3) is 0 Å². The van der Waals surface area contributed by atoms with E-state index in [-0.39, 0.29) is 17.0 Å². The Morgan fingerprint density at radius 2 is 1.94 bits per heavy atom. The molecule has 0 bridgehead atoms. The molecule has 1 aromatic rings. The summed E-state index contributed by atoms with van der Waals surface area (Å²) in [5.74, 6) is 0.316. The summed E-state index contributed by atoms with van der Waals surface area (Å²) in [6.45, 7) is 6.01. The first kappa shape index (κ1) is 14.4. The van der Waals surface area contributed by atoms with E-state index in [0.29, 0.717) is 11.0 Å². The fraction of sp³-hybridized carbons (Fsp3) is 0.600. The van der Waals surface area contributed by atoms with Crippen molar-refractivity contribution >= 4 is 31.8 Å². The highest BCUT2D eigenvalue weighted by atomic mass is 79.9. The van der Waals surface area contributed by atoms with Crippen molar-refractivity contribution in [3.8, 4) is 0 Å². The van der Waals surface area contributed by atoms with E-state index in [2.05, 4.69) is 30.6 Å². The number of nitrogens with one attached hydrogen (secondary N) is 1. The second kappa shape index (κ2) is 5.30. The lowest BCUT2D eigenvalue weighted by molar-refractivity contribution is 0.397. The van der Waals surface area contributed by atoms with Gasteiger partial charge in [-0.15, -0.1) is 0 Å². The molecule has 0 aromatic carbocycles. The molecule has 5 nitrogen and oxygen atoms in total. The van der Waals surface area contributed by atoms with Gasteiger partial charge in [-0.05, 0) is 27.8 Å². The molecule has 1 N–H and O–H groups in total. The van der Waals surface area contributed by atoms with Crippen LogP contribution in [0.2, 0.25) is 0 Å². The molecule has 0 aliphatic rings. The van der Waals surface area contributed by atoms with E-state index in [4.69, 9.17) is 0 Å². The molecular weight excluding hydrogens is 306 g/mol. The van der Waals surface area contributed by atoms with Crippen molar-refractivity contribution in [3.63, 3.8) is 0 Å². The normalized spacial score (nSPS) is 12.5. The summed E-state index contributed by atoms with van der Waals surface area (Å²) in [7, 11) is -3.35. The van der Waals surface area contributed by atoms with Crippen LogP contribution in [0.3, 0.4) is 0 Å². The van der Waals surface area contributed by atoms with Crippen molar-refractivity contribution in [2.45, 2.75) is 27.2 Å². The smallest absolute Gasteiger partial charge is 0.233 e. The summed E-state index contributed by atoms with van der Waals surface area (Å²) in [5, 5.41) is 0. The van der Waals surface area contributed by atoms with Crippen molar-refractivity contribution < 1.29 is 8.42 Å². The van der Waals surface area contributed by atoms with Gasteiger partial charge in [0.15, 0.2) is 5.82 Å². The Morgan fingerprint density at radius 1 is 1.29 bits per heavy atom. The molecule has 0 amide bonds. The Morgan fingerprint density at radius 3 is 2.41 bits per heavy atom. The molecule has 1 aromatic heterocycles. The summed E-state index contributed by atoms with van der Waals surface area (Å²) in [5.41, 5.74) is -0.0137. The zero-order chi connectivity index (χ0) is 13.1. The lowest BCUT2D eigenvalue weighted by Gasteiger charge is -2.17. The first-order valence-corrected chi connectivity index (χ1v) is 7.60. The van der Waals surface area contributed by atoms with E-state index in [1.54, 1.807) is 0 Å². The summed E-state index contributed by atoms with van der Waals surface area (Å²) in [4.78, 5) is 7.81. The van der Waals surface area contributed by atoms with Gasteiger partial charge in [0, 0.05) is 0 Å². The van der Waals surface area contributed by atoms with E-state index in [0.717, 1.165) is 0 Å². The van der Waals surface area contributed by atoms with Gasteiger partial charge in [0.1, 0.15) is 4.60 Å². The quantitative estimate of drug-likeness (QED) is 0.924. The van der Waals surface area contributed by atoms with Crippen molar-refractivity contribution in [1.29, 1.82) is 0 Å². The van der Waals surface area contributed by atoms with Crippen LogP contribution in [0.5, 0.6) is 0 Å². The molecule has 0 saturated heterocycles. The predicted molar refractivity (Wildman–Crippen MR) is 71.2 cm³/mol. The first-order chi connectivity index (χ1) is 7.68. The number of anilines is 1. The van der Waals surface area contributed by atoms with Crippen molar-refractivity contribution in [1.82, 2.24) is 9.97 Å². The Kier molecular flexibility index (Phi) is 4.48. The van der Waals surface area contributed by atoms with Crippen molar-refractivity contribution in [3.05, 3.63) is 17.0 Å². The van der Waals surface area contributed by atoms with Crippen LogP contribution in [-0.2, 0) is 10.0 Å². The first-order valence-electron chi connectivity index (χ1n) is 5.16. The Hall–Kier alpha value is -0.690. The number of halogens is 1. The number of sulfonamides is 1. The third-order valence-electron chi connectivity index (χ3n) is 2.00. The molecule has 7 heteroatoms. The lowest BCUT2D eigenvalue weighted by Crippen LogP contribution is -2.21. The second-order valence-electron chi connectivity index (χ2n) is 4.96. The third kappa shape index (κ3) is 5.97. The fourth-order valence-corrected chi connectivity index (χ4v) is 2.63. The monoisotopic (exact) mass is 321 g/mol. The maximum Gasteiger partial charge on any atom is 0.233 e. The van der Waals surface area contributed by atoms with Crippen LogP contribution >= 0.6 is 15.9 Å². The van der Waals surface area contributed by atoms with E-state index in [1.165, 1.54) is 12.4 Å². The van der Waals surface area contributed by atoms with Crippen LogP contribution in [0.4, 0.5) is 5.82 Å². The Bertz CT molecular complexity index is 465. The van der Waals surface area contributed by atoms with Crippen LogP contribution in [-0.4, -0.2) is 24.1 Å². The Labute approximate surface area is 110 Å². The number of hydrogen-bond acceptors (Lipinski definition) is 4. The number of nitrogens with zero attached hydrogens (tertiary/aromatic N) is 2. The minimum absolute atomic E-state index is 0.0137. The van der Waals surface area contributed by atoms with Gasteiger partial charge in [0.2, 0.25) is 10.0 Å². The SMILES string of the molecule is CC(C)(C)CCS(=O)(=O)Nc1cnc(Br)cn1. The minimum Gasteiger partial charge on any atom is -0.266 e. The minimum atomic E-state index is -3.35. The molecule has 0 fully saturated rings. The van der Waals surface area contributed by atoms with Gasteiger partial charge in [0.05, 0.1) is 18.1 Å². The molecule has 0 aliphatic carbocycles. The summed E-state index contributed by atoms with van der Waals surface area (Å²) >= 11 is 3.13. The van der Waals surface area contributed by atoms with E-state index in [9.17, 15) is 8.42 Å². The van der Waals surface area contributed by atoms with Crippen LogP contribution in [0.1, 0.15) is 27.2 Å². The maximum absolute atomic E-state index is 11.7. The van der Waals surface area contributed by atoms with Gasteiger partial charge >= 0.3 is 0 Å². The zero-order valence-electron chi connectivity index (χ0n) is 10.1. The average molecular weight is 322 g/mol. The fourth-order valence-electron chi connectivity index (χ4n) is 1.02. The molecule has 0 saturated carbocycles. The molecule has 96 valence electrons. The predicted octanol–water partition coefficient (Wildman–Crippen LogP) is 2.42. The summed E-state index contributed by atoms with van der Waals surface area (Å²) < 4.78 is 26.4. The van der Waals surface area contributed by atoms with Crippen LogP contribution < -0.4 is 4.72 Å². The average Bonchev–Trinajstić information content (AvgIpc) is 2.18. The number of hydrogen-bond donors (Lipinski definition) is 1. The molecule has 1 heterocycles. The van der Waals surface area contributed by atoms with E-state index >= 15 is 0 Å². The molecule has 0 atom stereocenters. The van der Waals surface area contributed by atoms with Crippen LogP contribution in [0, 0.1) is 5.41 Å². The molecule has 0 aliphatic heterocycles. The number of rotatable bonds is 4. The highest BCUT2D eigenvalue weighted by molar-refractivity contribution is 9.10. The van der Waals surface area contributed by atoms with Crippen molar-refractivity contribution in [2.75, 3.05) is 10.5 Å². The molecule has 0 radical (unpaired) electrons. The van der Waals surface area contributed by atoms with Gasteiger partial charge in [-0.1, -0.05) is 20.8 Å². The lowest BCUT2D eigenvalue weighted by atomic mass is 9.94. The highest BCUT2D eigenvalue weighted by Gasteiger charge is 2.17. The molecule has 1 rings (SSSR count). The highest BCUT2D eigenvalue weighted by Crippen LogP contribution is 2.19. The molecule has 0 spiro atoms. The van der Waals surface area contributed by atoms with E-state index in [1.807, 2.05) is 20.8 Å². The summed E-state index contributed by atoms with van der Waals surface area (Å²) in [6.07, 6.45) is 3.41. The standard InChI is InChI=1S/C10H16BrN3O2S/c1-10(2,3)4-5-17(15,16)14-9-7-12-8(11)6-13-9/h6-7H,4-5H2,1-3H3,(H,13,14). The maximum atomic E-state index is 11.7. The van der Waals surface area contributed by atoms with Gasteiger partial charge in [-0.2, -0.15) is 0 Å². The van der Waals surface area contributed by atoms with E-state index < -0.39 is 10.0 Å². The number of aromatic nitrogens is 2. The Balaban J connectivity index is 2.64.